The highest BCUT2D eigenvalue weighted by atomic mass is 32.1. The molecule has 0 aliphatic heterocycles. The van der Waals surface area contributed by atoms with Gasteiger partial charge in [-0.25, -0.2) is 0 Å². The second-order valence-corrected chi connectivity index (χ2v) is 4.46. The van der Waals surface area contributed by atoms with Gasteiger partial charge >= 0.3 is 0 Å². The summed E-state index contributed by atoms with van der Waals surface area (Å²) in [5.41, 5.74) is 11.2. The van der Waals surface area contributed by atoms with Crippen LogP contribution in [0.25, 0.3) is 0 Å². The fourth-order valence-electron chi connectivity index (χ4n) is 1.59. The van der Waals surface area contributed by atoms with Crippen molar-refractivity contribution in [1.82, 2.24) is 4.90 Å². The number of nitrogens with zero attached hydrogens (tertiary/aromatic N) is 1. The van der Waals surface area contributed by atoms with Crippen LogP contribution in [-0.2, 0) is 9.59 Å². The topological polar surface area (TPSA) is 98.6 Å². The molecule has 0 radical (unpaired) electrons. The summed E-state index contributed by atoms with van der Waals surface area (Å²) in [7, 11) is 0. The summed E-state index contributed by atoms with van der Waals surface area (Å²) in [6, 6.07) is 6.91. The molecule has 0 aliphatic carbocycles. The molecule has 0 unspecified atom stereocenters. The van der Waals surface area contributed by atoms with Gasteiger partial charge in [0, 0.05) is 6.54 Å². The third-order valence-corrected chi connectivity index (χ3v) is 2.80. The first kappa shape index (κ1) is 15.9. The van der Waals surface area contributed by atoms with Gasteiger partial charge in [0.15, 0.2) is 6.61 Å². The molecule has 4 N–H and O–H groups in total. The van der Waals surface area contributed by atoms with Gasteiger partial charge < -0.3 is 21.1 Å². The Hall–Kier alpha value is -2.15. The molecule has 0 saturated heterocycles. The maximum atomic E-state index is 11.9. The van der Waals surface area contributed by atoms with E-state index in [0.29, 0.717) is 17.9 Å². The second-order valence-electron chi connectivity index (χ2n) is 4.02. The minimum atomic E-state index is -0.566. The highest BCUT2D eigenvalue weighted by Crippen LogP contribution is 2.17. The van der Waals surface area contributed by atoms with Crippen molar-refractivity contribution >= 4 is 29.0 Å². The van der Waals surface area contributed by atoms with Gasteiger partial charge in [-0.1, -0.05) is 24.4 Å². The zero-order valence-corrected chi connectivity index (χ0v) is 12.0. The molecular formula is C13H17N3O3S. The molecule has 1 rings (SSSR count). The predicted octanol–water partition coefficient (Wildman–Crippen LogP) is 0.0334. The number of rotatable bonds is 7. The van der Waals surface area contributed by atoms with E-state index in [0.717, 1.165) is 0 Å². The van der Waals surface area contributed by atoms with Crippen molar-refractivity contribution in [2.24, 2.45) is 11.5 Å². The fourth-order valence-corrected chi connectivity index (χ4v) is 1.76. The van der Waals surface area contributed by atoms with Crippen LogP contribution in [0.4, 0.5) is 0 Å². The SMILES string of the molecule is CCN(CC(N)=O)C(=O)COc1ccccc1C(N)=S. The zero-order chi connectivity index (χ0) is 15.1. The summed E-state index contributed by atoms with van der Waals surface area (Å²) in [5.74, 6) is -0.462. The smallest absolute Gasteiger partial charge is 0.260 e. The minimum absolute atomic E-state index is 0.129. The number of carbonyl (C=O) groups is 2. The van der Waals surface area contributed by atoms with E-state index >= 15 is 0 Å². The number of hydrogen-bond donors (Lipinski definition) is 2. The Kier molecular flexibility index (Phi) is 5.92. The van der Waals surface area contributed by atoms with Crippen molar-refractivity contribution in [3.8, 4) is 5.75 Å². The molecule has 7 heteroatoms. The number of amides is 2. The number of carbonyl (C=O) groups excluding carboxylic acids is 2. The molecule has 0 atom stereocenters. The maximum Gasteiger partial charge on any atom is 0.260 e. The van der Waals surface area contributed by atoms with E-state index < -0.39 is 5.91 Å². The third kappa shape index (κ3) is 4.51. The van der Waals surface area contributed by atoms with Crippen LogP contribution < -0.4 is 16.2 Å². The summed E-state index contributed by atoms with van der Waals surface area (Å²) in [6.45, 7) is 1.79. The van der Waals surface area contributed by atoms with Crippen molar-refractivity contribution in [3.05, 3.63) is 29.8 Å². The van der Waals surface area contributed by atoms with Crippen LogP contribution in [0.15, 0.2) is 24.3 Å². The van der Waals surface area contributed by atoms with Gasteiger partial charge in [0.1, 0.15) is 10.7 Å². The van der Waals surface area contributed by atoms with E-state index in [2.05, 4.69) is 0 Å². The van der Waals surface area contributed by atoms with Gasteiger partial charge in [0.2, 0.25) is 5.91 Å². The quantitative estimate of drug-likeness (QED) is 0.692. The number of likely N-dealkylation sites (N-methyl/N-ethyl adjacent to an activating group) is 1. The van der Waals surface area contributed by atoms with Gasteiger partial charge in [-0.3, -0.25) is 9.59 Å². The number of thiocarbonyl (C=S) groups is 1. The maximum absolute atomic E-state index is 11.9. The molecule has 108 valence electrons. The Morgan fingerprint density at radius 3 is 2.50 bits per heavy atom. The van der Waals surface area contributed by atoms with Crippen LogP contribution >= 0.6 is 12.2 Å². The van der Waals surface area contributed by atoms with Gasteiger partial charge in [0.05, 0.1) is 12.1 Å². The molecule has 0 bridgehead atoms. The van der Waals surface area contributed by atoms with Crippen molar-refractivity contribution in [3.63, 3.8) is 0 Å². The van der Waals surface area contributed by atoms with Crippen LogP contribution in [0.5, 0.6) is 5.75 Å². The first-order valence-corrected chi connectivity index (χ1v) is 6.44. The Morgan fingerprint density at radius 1 is 1.30 bits per heavy atom. The summed E-state index contributed by atoms with van der Waals surface area (Å²) in [5, 5.41) is 0. The van der Waals surface area contributed by atoms with Crippen molar-refractivity contribution in [1.29, 1.82) is 0 Å². The molecule has 1 aromatic carbocycles. The number of nitrogens with two attached hydrogens (primary N) is 2. The van der Waals surface area contributed by atoms with Crippen molar-refractivity contribution in [2.75, 3.05) is 19.7 Å². The second kappa shape index (κ2) is 7.44. The van der Waals surface area contributed by atoms with Gasteiger partial charge in [-0.05, 0) is 19.1 Å². The minimum Gasteiger partial charge on any atom is -0.483 e. The summed E-state index contributed by atoms with van der Waals surface area (Å²) in [4.78, 5) is 24.2. The molecule has 2 amide bonds. The van der Waals surface area contributed by atoms with Gasteiger partial charge in [0.25, 0.3) is 5.91 Å². The van der Waals surface area contributed by atoms with E-state index in [1.165, 1.54) is 4.90 Å². The monoisotopic (exact) mass is 295 g/mol. The van der Waals surface area contributed by atoms with Crippen molar-refractivity contribution < 1.29 is 14.3 Å². The lowest BCUT2D eigenvalue weighted by atomic mass is 10.2. The summed E-state index contributed by atoms with van der Waals surface area (Å²) >= 11 is 4.90. The van der Waals surface area contributed by atoms with Crippen LogP contribution in [0.3, 0.4) is 0 Å². The Balaban J connectivity index is 2.69. The largest absolute Gasteiger partial charge is 0.483 e. The van der Waals surface area contributed by atoms with Crippen LogP contribution in [0.1, 0.15) is 12.5 Å². The average Bonchev–Trinajstić information content (AvgIpc) is 2.42. The highest BCUT2D eigenvalue weighted by molar-refractivity contribution is 7.80. The molecule has 6 nitrogen and oxygen atoms in total. The first-order chi connectivity index (χ1) is 9.45. The molecule has 0 heterocycles. The molecule has 0 aliphatic rings. The first-order valence-electron chi connectivity index (χ1n) is 6.03. The third-order valence-electron chi connectivity index (χ3n) is 2.58. The number of hydrogen-bond acceptors (Lipinski definition) is 4. The van der Waals surface area contributed by atoms with Crippen LogP contribution in [0, 0.1) is 0 Å². The van der Waals surface area contributed by atoms with E-state index in [4.69, 9.17) is 28.4 Å². The van der Waals surface area contributed by atoms with E-state index in [9.17, 15) is 9.59 Å². The van der Waals surface area contributed by atoms with E-state index in [1.807, 2.05) is 0 Å². The van der Waals surface area contributed by atoms with Crippen LogP contribution in [0.2, 0.25) is 0 Å². The lowest BCUT2D eigenvalue weighted by molar-refractivity contribution is -0.136. The van der Waals surface area contributed by atoms with E-state index in [1.54, 1.807) is 31.2 Å². The molecule has 20 heavy (non-hydrogen) atoms. The van der Waals surface area contributed by atoms with Crippen LogP contribution in [-0.4, -0.2) is 41.4 Å². The Morgan fingerprint density at radius 2 is 1.95 bits per heavy atom. The molecular weight excluding hydrogens is 278 g/mol. The number of ether oxygens (including phenoxy) is 1. The molecule has 0 fully saturated rings. The molecule has 0 saturated carbocycles. The lowest BCUT2D eigenvalue weighted by Crippen LogP contribution is -2.40. The van der Waals surface area contributed by atoms with E-state index in [-0.39, 0.29) is 24.0 Å². The highest BCUT2D eigenvalue weighted by Gasteiger charge is 2.15. The zero-order valence-electron chi connectivity index (χ0n) is 11.2. The molecule has 0 spiro atoms. The Bertz CT molecular complexity index is 519. The predicted molar refractivity (Wildman–Crippen MR) is 79.3 cm³/mol. The van der Waals surface area contributed by atoms with Gasteiger partial charge in [-0.15, -0.1) is 0 Å². The lowest BCUT2D eigenvalue weighted by Gasteiger charge is -2.19. The molecule has 0 aromatic heterocycles. The normalized spacial score (nSPS) is 9.85. The number of primary amides is 1. The average molecular weight is 295 g/mol. The fraction of sp³-hybridized carbons (Fsp3) is 0.308. The molecule has 1 aromatic rings. The Labute approximate surface area is 122 Å². The summed E-state index contributed by atoms with van der Waals surface area (Å²) in [6.07, 6.45) is 0. The van der Waals surface area contributed by atoms with Gasteiger partial charge in [-0.2, -0.15) is 0 Å². The summed E-state index contributed by atoms with van der Waals surface area (Å²) < 4.78 is 5.41. The van der Waals surface area contributed by atoms with Crippen molar-refractivity contribution in [2.45, 2.75) is 6.92 Å². The number of benzene rings is 1. The number of para-hydroxylation sites is 1. The standard InChI is InChI=1S/C13H17N3O3S/c1-2-16(7-11(14)17)12(18)8-19-10-6-4-3-5-9(10)13(15)20/h3-6H,2,7-8H2,1H3,(H2,14,17)(H2,15,20).